The van der Waals surface area contributed by atoms with E-state index in [4.69, 9.17) is 15.2 Å². The van der Waals surface area contributed by atoms with Crippen molar-refractivity contribution in [3.8, 4) is 11.5 Å². The Hall–Kier alpha value is -2.89. The molecular formula is C21H28N4O2. The molecule has 1 aliphatic heterocycles. The van der Waals surface area contributed by atoms with Crippen LogP contribution in [0.2, 0.25) is 0 Å². The van der Waals surface area contributed by atoms with Gasteiger partial charge in [0.1, 0.15) is 0 Å². The monoisotopic (exact) mass is 368 g/mol. The van der Waals surface area contributed by atoms with Gasteiger partial charge in [0.25, 0.3) is 0 Å². The summed E-state index contributed by atoms with van der Waals surface area (Å²) >= 11 is 0. The lowest BCUT2D eigenvalue weighted by atomic mass is 10.1. The lowest BCUT2D eigenvalue weighted by Crippen LogP contribution is -2.30. The summed E-state index contributed by atoms with van der Waals surface area (Å²) in [5.74, 6) is 1.69. The van der Waals surface area contributed by atoms with E-state index in [0.717, 1.165) is 18.8 Å². The Balaban J connectivity index is 1.69. The molecule has 6 nitrogen and oxygen atoms in total. The maximum atomic E-state index is 6.10. The second-order valence-electron chi connectivity index (χ2n) is 6.57. The lowest BCUT2D eigenvalue weighted by Gasteiger charge is -2.30. The number of piperidine rings is 1. The van der Waals surface area contributed by atoms with Crippen LogP contribution in [-0.2, 0) is 6.54 Å². The van der Waals surface area contributed by atoms with E-state index in [1.54, 1.807) is 14.2 Å². The summed E-state index contributed by atoms with van der Waals surface area (Å²) in [7, 11) is 3.22. The van der Waals surface area contributed by atoms with E-state index < -0.39 is 0 Å². The van der Waals surface area contributed by atoms with Crippen LogP contribution >= 0.6 is 0 Å². The summed E-state index contributed by atoms with van der Waals surface area (Å²) in [6, 6.07) is 14.0. The molecule has 0 atom stereocenters. The molecule has 0 saturated carbocycles. The van der Waals surface area contributed by atoms with Crippen molar-refractivity contribution in [2.24, 2.45) is 10.7 Å². The van der Waals surface area contributed by atoms with E-state index in [9.17, 15) is 0 Å². The van der Waals surface area contributed by atoms with Gasteiger partial charge in [0.2, 0.25) is 0 Å². The van der Waals surface area contributed by atoms with Crippen molar-refractivity contribution in [3.05, 3.63) is 48.0 Å². The molecule has 1 heterocycles. The molecule has 0 aromatic heterocycles. The van der Waals surface area contributed by atoms with Crippen molar-refractivity contribution in [2.45, 2.75) is 25.8 Å². The predicted octanol–water partition coefficient (Wildman–Crippen LogP) is 3.62. The number of nitrogens with zero attached hydrogens (tertiary/aromatic N) is 2. The summed E-state index contributed by atoms with van der Waals surface area (Å²) in [6.45, 7) is 2.76. The van der Waals surface area contributed by atoms with Crippen LogP contribution in [0.1, 0.15) is 24.8 Å². The number of guanidine groups is 1. The number of hydrogen-bond acceptors (Lipinski definition) is 4. The standard InChI is InChI=1S/C21H28N4O2/c1-26-19-11-10-17(14-20(19)27-2)24-21(22)23-15-16-8-4-5-9-18(16)25-12-6-3-7-13-25/h4-5,8-11,14H,3,6-7,12-13,15H2,1-2H3,(H3,22,23,24). The highest BCUT2D eigenvalue weighted by atomic mass is 16.5. The summed E-state index contributed by atoms with van der Waals surface area (Å²) < 4.78 is 10.6. The number of rotatable bonds is 6. The first kappa shape index (κ1) is 18.9. The van der Waals surface area contributed by atoms with Gasteiger partial charge in [-0.1, -0.05) is 18.2 Å². The average molecular weight is 368 g/mol. The van der Waals surface area contributed by atoms with Gasteiger partial charge in [-0.3, -0.25) is 0 Å². The fraction of sp³-hybridized carbons (Fsp3) is 0.381. The van der Waals surface area contributed by atoms with Gasteiger partial charge in [-0.15, -0.1) is 0 Å². The van der Waals surface area contributed by atoms with E-state index >= 15 is 0 Å². The SMILES string of the molecule is COc1ccc(NC(N)=NCc2ccccc2N2CCCCC2)cc1OC. The molecule has 6 heteroatoms. The Morgan fingerprint density at radius 2 is 1.78 bits per heavy atom. The zero-order valence-electron chi connectivity index (χ0n) is 16.1. The molecule has 0 spiro atoms. The Morgan fingerprint density at radius 1 is 1.04 bits per heavy atom. The molecule has 3 rings (SSSR count). The summed E-state index contributed by atoms with van der Waals surface area (Å²) in [6.07, 6.45) is 3.82. The van der Waals surface area contributed by atoms with Crippen LogP contribution in [-0.4, -0.2) is 33.3 Å². The van der Waals surface area contributed by atoms with Gasteiger partial charge in [-0.05, 0) is 43.0 Å². The van der Waals surface area contributed by atoms with Gasteiger partial charge in [-0.2, -0.15) is 0 Å². The molecule has 1 aliphatic rings. The number of benzene rings is 2. The summed E-state index contributed by atoms with van der Waals surface area (Å²) in [4.78, 5) is 6.98. The Bertz CT molecular complexity index is 786. The third-order valence-corrected chi connectivity index (χ3v) is 4.76. The quantitative estimate of drug-likeness (QED) is 0.602. The average Bonchev–Trinajstić information content (AvgIpc) is 2.73. The van der Waals surface area contributed by atoms with Crippen LogP contribution in [0.4, 0.5) is 11.4 Å². The molecule has 1 fully saturated rings. The van der Waals surface area contributed by atoms with Crippen molar-refractivity contribution >= 4 is 17.3 Å². The van der Waals surface area contributed by atoms with Crippen LogP contribution < -0.4 is 25.4 Å². The van der Waals surface area contributed by atoms with Crippen LogP contribution in [0.5, 0.6) is 11.5 Å². The third kappa shape index (κ3) is 4.84. The molecule has 27 heavy (non-hydrogen) atoms. The number of nitrogens with one attached hydrogen (secondary N) is 1. The highest BCUT2D eigenvalue weighted by Gasteiger charge is 2.13. The van der Waals surface area contributed by atoms with Crippen molar-refractivity contribution in [3.63, 3.8) is 0 Å². The summed E-state index contributed by atoms with van der Waals surface area (Å²) in [5, 5.41) is 3.12. The number of methoxy groups -OCH3 is 2. The molecule has 2 aromatic rings. The fourth-order valence-corrected chi connectivity index (χ4v) is 3.36. The van der Waals surface area contributed by atoms with Gasteiger partial charge in [0, 0.05) is 30.5 Å². The number of aliphatic imine (C=N–C) groups is 1. The largest absolute Gasteiger partial charge is 0.493 e. The maximum absolute atomic E-state index is 6.10. The van der Waals surface area contributed by atoms with Crippen molar-refractivity contribution < 1.29 is 9.47 Å². The Morgan fingerprint density at radius 3 is 2.52 bits per heavy atom. The number of ether oxygens (including phenoxy) is 2. The molecule has 144 valence electrons. The van der Waals surface area contributed by atoms with Crippen molar-refractivity contribution in [1.82, 2.24) is 0 Å². The third-order valence-electron chi connectivity index (χ3n) is 4.76. The van der Waals surface area contributed by atoms with Crippen LogP contribution in [0.15, 0.2) is 47.5 Å². The first-order valence-corrected chi connectivity index (χ1v) is 9.33. The van der Waals surface area contributed by atoms with E-state index in [1.807, 2.05) is 18.2 Å². The molecule has 3 N–H and O–H groups in total. The van der Waals surface area contributed by atoms with Crippen LogP contribution in [0.25, 0.3) is 0 Å². The highest BCUT2D eigenvalue weighted by molar-refractivity contribution is 5.92. The van der Waals surface area contributed by atoms with Crippen LogP contribution in [0, 0.1) is 0 Å². The van der Waals surface area contributed by atoms with E-state index in [0.29, 0.717) is 24.0 Å². The molecule has 0 unspecified atom stereocenters. The smallest absolute Gasteiger partial charge is 0.193 e. The van der Waals surface area contributed by atoms with E-state index in [1.165, 1.54) is 30.5 Å². The maximum Gasteiger partial charge on any atom is 0.193 e. The van der Waals surface area contributed by atoms with Gasteiger partial charge in [0.05, 0.1) is 20.8 Å². The van der Waals surface area contributed by atoms with Crippen molar-refractivity contribution in [1.29, 1.82) is 0 Å². The number of hydrogen-bond donors (Lipinski definition) is 2. The molecule has 0 radical (unpaired) electrons. The van der Waals surface area contributed by atoms with Gasteiger partial charge >= 0.3 is 0 Å². The molecule has 0 bridgehead atoms. The van der Waals surface area contributed by atoms with E-state index in [2.05, 4.69) is 39.5 Å². The second-order valence-corrected chi connectivity index (χ2v) is 6.57. The topological polar surface area (TPSA) is 72.1 Å². The zero-order valence-corrected chi connectivity index (χ0v) is 16.1. The molecule has 1 saturated heterocycles. The lowest BCUT2D eigenvalue weighted by molar-refractivity contribution is 0.355. The Kier molecular flexibility index (Phi) is 6.41. The molecular weight excluding hydrogens is 340 g/mol. The fourth-order valence-electron chi connectivity index (χ4n) is 3.36. The molecule has 0 amide bonds. The first-order valence-electron chi connectivity index (χ1n) is 9.33. The van der Waals surface area contributed by atoms with E-state index in [-0.39, 0.29) is 0 Å². The second kappa shape index (κ2) is 9.16. The van der Waals surface area contributed by atoms with Gasteiger partial charge < -0.3 is 25.4 Å². The minimum atomic E-state index is 0.371. The minimum Gasteiger partial charge on any atom is -0.493 e. The molecule has 2 aromatic carbocycles. The number of anilines is 2. The van der Waals surface area contributed by atoms with Crippen molar-refractivity contribution in [2.75, 3.05) is 37.5 Å². The van der Waals surface area contributed by atoms with Gasteiger partial charge in [0.15, 0.2) is 17.5 Å². The first-order chi connectivity index (χ1) is 13.2. The molecule has 0 aliphatic carbocycles. The Labute approximate surface area is 161 Å². The van der Waals surface area contributed by atoms with Crippen LogP contribution in [0.3, 0.4) is 0 Å². The van der Waals surface area contributed by atoms with Gasteiger partial charge in [-0.25, -0.2) is 4.99 Å². The normalized spacial score (nSPS) is 14.7. The predicted molar refractivity (Wildman–Crippen MR) is 111 cm³/mol. The minimum absolute atomic E-state index is 0.371. The number of para-hydroxylation sites is 1. The number of nitrogens with two attached hydrogens (primary N) is 1. The zero-order chi connectivity index (χ0) is 19.1. The summed E-state index contributed by atoms with van der Waals surface area (Å²) in [5.41, 5.74) is 9.36. The highest BCUT2D eigenvalue weighted by Crippen LogP contribution is 2.29.